The van der Waals surface area contributed by atoms with E-state index in [1.807, 2.05) is 0 Å². The normalized spacial score (nSPS) is 12.3. The summed E-state index contributed by atoms with van der Waals surface area (Å²) in [6.45, 7) is 7.25. The van der Waals surface area contributed by atoms with Gasteiger partial charge in [-0.1, -0.05) is 32.9 Å². The molecule has 0 heterocycles. The fourth-order valence-corrected chi connectivity index (χ4v) is 1.81. The van der Waals surface area contributed by atoms with Gasteiger partial charge in [-0.2, -0.15) is 0 Å². The minimum absolute atomic E-state index is 0.109. The Balaban J connectivity index is 2.53. The van der Waals surface area contributed by atoms with Crippen molar-refractivity contribution in [1.29, 1.82) is 0 Å². The molecule has 0 aromatic heterocycles. The largest absolute Gasteiger partial charge is 0.481 e. The minimum Gasteiger partial charge on any atom is -0.481 e. The van der Waals surface area contributed by atoms with Crippen molar-refractivity contribution < 1.29 is 19.5 Å². The maximum Gasteiger partial charge on any atom is 0.310 e. The monoisotopic (exact) mass is 320 g/mol. The van der Waals surface area contributed by atoms with E-state index in [9.17, 15) is 14.4 Å². The van der Waals surface area contributed by atoms with Gasteiger partial charge in [0.05, 0.1) is 5.92 Å². The molecule has 3 N–H and O–H groups in total. The summed E-state index contributed by atoms with van der Waals surface area (Å²) in [5, 5.41) is 14.4. The summed E-state index contributed by atoms with van der Waals surface area (Å²) in [6.07, 6.45) is 0.153. The van der Waals surface area contributed by atoms with Crippen LogP contribution >= 0.6 is 0 Å². The summed E-state index contributed by atoms with van der Waals surface area (Å²) in [4.78, 5) is 34.6. The molecule has 1 atom stereocenters. The highest BCUT2D eigenvalue weighted by Crippen LogP contribution is 2.19. The SMILES string of the molecule is CC(C(=O)O)c1cccc(NC(=O)CCNC(=O)C(C)(C)C)c1. The second-order valence-electron chi connectivity index (χ2n) is 6.49. The first-order chi connectivity index (χ1) is 10.6. The van der Waals surface area contributed by atoms with Gasteiger partial charge in [0, 0.05) is 24.1 Å². The van der Waals surface area contributed by atoms with E-state index in [1.165, 1.54) is 0 Å². The Labute approximate surface area is 136 Å². The van der Waals surface area contributed by atoms with Gasteiger partial charge in [-0.25, -0.2) is 0 Å². The predicted octanol–water partition coefficient (Wildman–Crippen LogP) is 2.37. The van der Waals surface area contributed by atoms with Crippen LogP contribution in [0.2, 0.25) is 0 Å². The fraction of sp³-hybridized carbons (Fsp3) is 0.471. The lowest BCUT2D eigenvalue weighted by atomic mass is 9.96. The average Bonchev–Trinajstić information content (AvgIpc) is 2.45. The summed E-state index contributed by atoms with van der Waals surface area (Å²) in [7, 11) is 0. The Kier molecular flexibility index (Phi) is 6.30. The molecule has 126 valence electrons. The second-order valence-corrected chi connectivity index (χ2v) is 6.49. The maximum atomic E-state index is 11.9. The third-order valence-electron chi connectivity index (χ3n) is 3.36. The highest BCUT2D eigenvalue weighted by atomic mass is 16.4. The quantitative estimate of drug-likeness (QED) is 0.750. The highest BCUT2D eigenvalue weighted by Gasteiger charge is 2.20. The molecule has 1 aromatic rings. The van der Waals surface area contributed by atoms with Crippen LogP contribution < -0.4 is 10.6 Å². The number of nitrogens with one attached hydrogen (secondary N) is 2. The number of benzene rings is 1. The smallest absolute Gasteiger partial charge is 0.310 e. The lowest BCUT2D eigenvalue weighted by molar-refractivity contribution is -0.138. The van der Waals surface area contributed by atoms with E-state index in [1.54, 1.807) is 52.0 Å². The van der Waals surface area contributed by atoms with Gasteiger partial charge < -0.3 is 15.7 Å². The third kappa shape index (κ3) is 6.10. The van der Waals surface area contributed by atoms with Crippen molar-refractivity contribution in [2.75, 3.05) is 11.9 Å². The van der Waals surface area contributed by atoms with Gasteiger partial charge in [0.25, 0.3) is 0 Å². The van der Waals surface area contributed by atoms with E-state index in [-0.39, 0.29) is 24.8 Å². The molecular formula is C17H24N2O4. The van der Waals surface area contributed by atoms with Gasteiger partial charge >= 0.3 is 5.97 Å². The Morgan fingerprint density at radius 2 is 1.87 bits per heavy atom. The van der Waals surface area contributed by atoms with E-state index < -0.39 is 17.3 Å². The molecule has 1 rings (SSSR count). The lowest BCUT2D eigenvalue weighted by Crippen LogP contribution is -2.36. The third-order valence-corrected chi connectivity index (χ3v) is 3.36. The molecule has 1 aromatic carbocycles. The van der Waals surface area contributed by atoms with Gasteiger partial charge in [0.15, 0.2) is 0 Å². The van der Waals surface area contributed by atoms with Crippen molar-refractivity contribution >= 4 is 23.5 Å². The Hall–Kier alpha value is -2.37. The number of hydrogen-bond acceptors (Lipinski definition) is 3. The zero-order chi connectivity index (χ0) is 17.6. The Bertz CT molecular complexity index is 591. The van der Waals surface area contributed by atoms with Crippen LogP contribution in [-0.4, -0.2) is 29.4 Å². The molecule has 0 fully saturated rings. The number of hydrogen-bond donors (Lipinski definition) is 3. The van der Waals surface area contributed by atoms with Crippen LogP contribution in [0.1, 0.15) is 45.6 Å². The molecule has 0 aliphatic rings. The molecule has 6 heteroatoms. The highest BCUT2D eigenvalue weighted by molar-refractivity contribution is 5.91. The maximum absolute atomic E-state index is 11.9. The predicted molar refractivity (Wildman–Crippen MR) is 88.2 cm³/mol. The number of carbonyl (C=O) groups is 3. The van der Waals surface area contributed by atoms with Crippen LogP contribution in [0.25, 0.3) is 0 Å². The molecule has 6 nitrogen and oxygen atoms in total. The molecule has 0 spiro atoms. The lowest BCUT2D eigenvalue weighted by Gasteiger charge is -2.17. The first kappa shape index (κ1) is 18.7. The number of anilines is 1. The van der Waals surface area contributed by atoms with E-state index in [0.717, 1.165) is 0 Å². The van der Waals surface area contributed by atoms with E-state index >= 15 is 0 Å². The molecule has 0 saturated carbocycles. The summed E-state index contributed by atoms with van der Waals surface area (Å²) in [5.41, 5.74) is 0.678. The molecule has 0 saturated heterocycles. The zero-order valence-corrected chi connectivity index (χ0v) is 14.0. The molecule has 1 unspecified atom stereocenters. The van der Waals surface area contributed by atoms with Gasteiger partial charge in [-0.3, -0.25) is 14.4 Å². The molecule has 2 amide bonds. The minimum atomic E-state index is -0.918. The summed E-state index contributed by atoms with van der Waals surface area (Å²) in [6, 6.07) is 6.75. The van der Waals surface area contributed by atoms with Gasteiger partial charge in [0.2, 0.25) is 11.8 Å². The van der Waals surface area contributed by atoms with Crippen molar-refractivity contribution in [3.63, 3.8) is 0 Å². The molecule has 0 bridgehead atoms. The average molecular weight is 320 g/mol. The van der Waals surface area contributed by atoms with Crippen LogP contribution in [0, 0.1) is 5.41 Å². The number of carboxylic acids is 1. The first-order valence-corrected chi connectivity index (χ1v) is 7.52. The van der Waals surface area contributed by atoms with Crippen LogP contribution in [0.3, 0.4) is 0 Å². The number of carboxylic acid groups (broad SMARTS) is 1. The van der Waals surface area contributed by atoms with Crippen LogP contribution in [0.5, 0.6) is 0 Å². The van der Waals surface area contributed by atoms with Gasteiger partial charge in [-0.15, -0.1) is 0 Å². The standard InChI is InChI=1S/C17H24N2O4/c1-11(15(21)22)12-6-5-7-13(10-12)19-14(20)8-9-18-16(23)17(2,3)4/h5-7,10-11H,8-9H2,1-4H3,(H,18,23)(H,19,20)(H,21,22). The number of aliphatic carboxylic acids is 1. The molecule has 0 aliphatic carbocycles. The topological polar surface area (TPSA) is 95.5 Å². The number of rotatable bonds is 6. The van der Waals surface area contributed by atoms with E-state index in [2.05, 4.69) is 10.6 Å². The van der Waals surface area contributed by atoms with E-state index in [0.29, 0.717) is 11.3 Å². The Morgan fingerprint density at radius 1 is 1.22 bits per heavy atom. The van der Waals surface area contributed by atoms with Gasteiger partial charge in [-0.05, 0) is 24.6 Å². The molecular weight excluding hydrogens is 296 g/mol. The Morgan fingerprint density at radius 3 is 2.43 bits per heavy atom. The van der Waals surface area contributed by atoms with Crippen molar-refractivity contribution in [3.05, 3.63) is 29.8 Å². The van der Waals surface area contributed by atoms with Crippen molar-refractivity contribution in [2.24, 2.45) is 5.41 Å². The summed E-state index contributed by atoms with van der Waals surface area (Å²) >= 11 is 0. The van der Waals surface area contributed by atoms with Crippen molar-refractivity contribution in [3.8, 4) is 0 Å². The van der Waals surface area contributed by atoms with E-state index in [4.69, 9.17) is 5.11 Å². The summed E-state index contributed by atoms with van der Waals surface area (Å²) < 4.78 is 0. The molecule has 0 aliphatic heterocycles. The first-order valence-electron chi connectivity index (χ1n) is 7.52. The van der Waals surface area contributed by atoms with Crippen molar-refractivity contribution in [1.82, 2.24) is 5.32 Å². The fourth-order valence-electron chi connectivity index (χ4n) is 1.81. The summed E-state index contributed by atoms with van der Waals surface area (Å²) in [5.74, 6) is -1.90. The van der Waals surface area contributed by atoms with Crippen LogP contribution in [0.4, 0.5) is 5.69 Å². The molecule has 0 radical (unpaired) electrons. The van der Waals surface area contributed by atoms with Crippen LogP contribution in [-0.2, 0) is 14.4 Å². The van der Waals surface area contributed by atoms with Crippen molar-refractivity contribution in [2.45, 2.75) is 40.0 Å². The number of carbonyl (C=O) groups excluding carboxylic acids is 2. The zero-order valence-electron chi connectivity index (χ0n) is 14.0. The van der Waals surface area contributed by atoms with Gasteiger partial charge in [0.1, 0.15) is 0 Å². The molecule has 23 heavy (non-hydrogen) atoms. The second kappa shape index (κ2) is 7.76. The number of amides is 2. The van der Waals surface area contributed by atoms with Crippen LogP contribution in [0.15, 0.2) is 24.3 Å².